The van der Waals surface area contributed by atoms with Crippen LogP contribution in [0.5, 0.6) is 0 Å². The van der Waals surface area contributed by atoms with Gasteiger partial charge in [0.1, 0.15) is 0 Å². The number of carbonyl (C=O) groups is 1. The molecule has 64 valence electrons. The lowest BCUT2D eigenvalue weighted by atomic mass is 10.3. The van der Waals surface area contributed by atoms with E-state index in [9.17, 15) is 4.79 Å². The van der Waals surface area contributed by atoms with E-state index in [0.717, 1.165) is 19.4 Å². The molecular weight excluding hydrogens is 140 g/mol. The first-order chi connectivity index (χ1) is 5.16. The van der Waals surface area contributed by atoms with Crippen molar-refractivity contribution in [1.82, 2.24) is 4.90 Å². The minimum Gasteiger partial charge on any atom is -0.366 e. The van der Waals surface area contributed by atoms with Gasteiger partial charge >= 0.3 is 0 Å². The quantitative estimate of drug-likeness (QED) is 0.454. The molecule has 0 aliphatic rings. The molecule has 0 saturated heterocycles. The molecule has 0 aromatic carbocycles. The first-order valence-corrected chi connectivity index (χ1v) is 3.91. The first kappa shape index (κ1) is 10.1. The summed E-state index contributed by atoms with van der Waals surface area (Å²) in [6.07, 6.45) is 3.89. The molecule has 0 aromatic heterocycles. The van der Waals surface area contributed by atoms with E-state index >= 15 is 0 Å². The van der Waals surface area contributed by atoms with E-state index in [0.29, 0.717) is 0 Å². The van der Waals surface area contributed by atoms with Gasteiger partial charge in [-0.05, 0) is 6.42 Å². The molecule has 0 heterocycles. The van der Waals surface area contributed by atoms with Gasteiger partial charge in [0.25, 0.3) is 0 Å². The topological polar surface area (TPSA) is 32.7 Å². The summed E-state index contributed by atoms with van der Waals surface area (Å²) in [5.41, 5.74) is 0. The van der Waals surface area contributed by atoms with Crippen LogP contribution in [0.3, 0.4) is 0 Å². The summed E-state index contributed by atoms with van der Waals surface area (Å²) in [5.74, 6) is -0.145. The maximum atomic E-state index is 10.4. The van der Waals surface area contributed by atoms with Crippen LogP contribution in [-0.4, -0.2) is 30.7 Å². The molecule has 0 rings (SSSR count). The van der Waals surface area contributed by atoms with Crippen molar-refractivity contribution in [3.63, 3.8) is 0 Å². The average Bonchev–Trinajstić information content (AvgIpc) is 1.97. The zero-order valence-electron chi connectivity index (χ0n) is 7.50. The maximum absolute atomic E-state index is 10.4. The van der Waals surface area contributed by atoms with Crippen LogP contribution in [0.1, 0.15) is 26.7 Å². The normalized spacial score (nSPS) is 10.5. The summed E-state index contributed by atoms with van der Waals surface area (Å²) >= 11 is 0. The zero-order valence-corrected chi connectivity index (χ0v) is 7.50. The van der Waals surface area contributed by atoms with Gasteiger partial charge in [0.2, 0.25) is 5.91 Å². The fraction of sp³-hybridized carbons (Fsp3) is 0.750. The van der Waals surface area contributed by atoms with Gasteiger partial charge < -0.3 is 4.90 Å². The predicted octanol–water partition coefficient (Wildman–Crippen LogP) is 1.29. The average molecular weight is 156 g/mol. The van der Waals surface area contributed by atoms with Gasteiger partial charge in [-0.15, -0.1) is 0 Å². The smallest absolute Gasteiger partial charge is 0.243 e. The number of aliphatic imine (C=N–C) groups is 1. The van der Waals surface area contributed by atoms with Crippen molar-refractivity contribution in [2.24, 2.45) is 4.99 Å². The maximum Gasteiger partial charge on any atom is 0.243 e. The molecule has 0 atom stereocenters. The second-order valence-corrected chi connectivity index (χ2v) is 2.60. The highest BCUT2D eigenvalue weighted by Crippen LogP contribution is 1.88. The summed E-state index contributed by atoms with van der Waals surface area (Å²) in [5, 5.41) is 0. The number of nitrogens with zero attached hydrogens (tertiary/aromatic N) is 2. The lowest BCUT2D eigenvalue weighted by Crippen LogP contribution is -2.17. The molecule has 1 amide bonds. The molecule has 0 fully saturated rings. The number of hydrogen-bond acceptors (Lipinski definition) is 1. The molecule has 0 aliphatic heterocycles. The van der Waals surface area contributed by atoms with Crippen LogP contribution in [0, 0.1) is 0 Å². The van der Waals surface area contributed by atoms with E-state index in [2.05, 4.69) is 11.9 Å². The van der Waals surface area contributed by atoms with Gasteiger partial charge in [-0.2, -0.15) is 0 Å². The Hall–Kier alpha value is -0.860. The summed E-state index contributed by atoms with van der Waals surface area (Å²) in [4.78, 5) is 16.0. The molecule has 0 bridgehead atoms. The Morgan fingerprint density at radius 3 is 2.73 bits per heavy atom. The second-order valence-electron chi connectivity index (χ2n) is 2.60. The van der Waals surface area contributed by atoms with Crippen molar-refractivity contribution in [3.05, 3.63) is 0 Å². The monoisotopic (exact) mass is 156 g/mol. The fourth-order valence-corrected chi connectivity index (χ4v) is 0.645. The molecule has 3 heteroatoms. The van der Waals surface area contributed by atoms with Crippen LogP contribution in [0.2, 0.25) is 0 Å². The SMILES string of the molecule is CCCCN(C)C=NC(C)=O. The van der Waals surface area contributed by atoms with E-state index in [4.69, 9.17) is 0 Å². The van der Waals surface area contributed by atoms with Crippen molar-refractivity contribution in [2.75, 3.05) is 13.6 Å². The highest BCUT2D eigenvalue weighted by molar-refractivity contribution is 5.82. The van der Waals surface area contributed by atoms with Gasteiger partial charge in [-0.1, -0.05) is 13.3 Å². The Labute approximate surface area is 68.1 Å². The minimum absolute atomic E-state index is 0.145. The second kappa shape index (κ2) is 5.89. The molecule has 0 N–H and O–H groups in total. The number of rotatable bonds is 4. The van der Waals surface area contributed by atoms with E-state index in [-0.39, 0.29) is 5.91 Å². The highest BCUT2D eigenvalue weighted by Gasteiger charge is 1.90. The Balaban J connectivity index is 3.50. The number of unbranched alkanes of at least 4 members (excludes halogenated alkanes) is 1. The third-order valence-corrected chi connectivity index (χ3v) is 1.30. The Kier molecular flexibility index (Phi) is 5.43. The van der Waals surface area contributed by atoms with Crippen molar-refractivity contribution in [2.45, 2.75) is 26.7 Å². The largest absolute Gasteiger partial charge is 0.366 e. The number of amides is 1. The standard InChI is InChI=1S/C8H16N2O/c1-4-5-6-10(3)7-9-8(2)11/h7H,4-6H2,1-3H3. The van der Waals surface area contributed by atoms with E-state index in [1.165, 1.54) is 6.92 Å². The van der Waals surface area contributed by atoms with Crippen LogP contribution >= 0.6 is 0 Å². The van der Waals surface area contributed by atoms with Gasteiger partial charge in [0.15, 0.2) is 0 Å². The van der Waals surface area contributed by atoms with Crippen LogP contribution in [0.25, 0.3) is 0 Å². The zero-order chi connectivity index (χ0) is 8.69. The molecule has 0 aromatic rings. The van der Waals surface area contributed by atoms with Crippen molar-refractivity contribution in [1.29, 1.82) is 0 Å². The Morgan fingerprint density at radius 2 is 2.27 bits per heavy atom. The molecule has 0 radical (unpaired) electrons. The van der Waals surface area contributed by atoms with Crippen LogP contribution in [0.4, 0.5) is 0 Å². The van der Waals surface area contributed by atoms with Crippen LogP contribution < -0.4 is 0 Å². The van der Waals surface area contributed by atoms with Gasteiger partial charge in [0.05, 0.1) is 6.34 Å². The van der Waals surface area contributed by atoms with Crippen molar-refractivity contribution in [3.8, 4) is 0 Å². The summed E-state index contributed by atoms with van der Waals surface area (Å²) in [6.45, 7) is 4.55. The van der Waals surface area contributed by atoms with Gasteiger partial charge in [0, 0.05) is 20.5 Å². The summed E-state index contributed by atoms with van der Waals surface area (Å²) < 4.78 is 0. The number of carbonyl (C=O) groups excluding carboxylic acids is 1. The van der Waals surface area contributed by atoms with Crippen LogP contribution in [-0.2, 0) is 4.79 Å². The molecule has 0 unspecified atom stereocenters. The fourth-order valence-electron chi connectivity index (χ4n) is 0.645. The minimum atomic E-state index is -0.145. The Bertz CT molecular complexity index is 143. The molecule has 0 saturated carbocycles. The van der Waals surface area contributed by atoms with Gasteiger partial charge in [-0.25, -0.2) is 4.99 Å². The highest BCUT2D eigenvalue weighted by atomic mass is 16.1. The van der Waals surface area contributed by atoms with E-state index in [1.54, 1.807) is 6.34 Å². The van der Waals surface area contributed by atoms with E-state index < -0.39 is 0 Å². The molecule has 11 heavy (non-hydrogen) atoms. The predicted molar refractivity (Wildman–Crippen MR) is 46.7 cm³/mol. The summed E-state index contributed by atoms with van der Waals surface area (Å²) in [7, 11) is 1.92. The molecule has 0 spiro atoms. The van der Waals surface area contributed by atoms with Crippen molar-refractivity contribution >= 4 is 12.2 Å². The van der Waals surface area contributed by atoms with Crippen molar-refractivity contribution < 1.29 is 4.79 Å². The molecule has 0 aliphatic carbocycles. The molecule has 3 nitrogen and oxygen atoms in total. The van der Waals surface area contributed by atoms with Crippen LogP contribution in [0.15, 0.2) is 4.99 Å². The van der Waals surface area contributed by atoms with E-state index in [1.807, 2.05) is 11.9 Å². The third kappa shape index (κ3) is 7.03. The lowest BCUT2D eigenvalue weighted by molar-refractivity contribution is -0.115. The Morgan fingerprint density at radius 1 is 1.64 bits per heavy atom. The molecular formula is C8H16N2O. The third-order valence-electron chi connectivity index (χ3n) is 1.30. The number of hydrogen-bond donors (Lipinski definition) is 0. The lowest BCUT2D eigenvalue weighted by Gasteiger charge is -2.10. The van der Waals surface area contributed by atoms with Gasteiger partial charge in [-0.3, -0.25) is 4.79 Å². The summed E-state index contributed by atoms with van der Waals surface area (Å²) in [6, 6.07) is 0. The first-order valence-electron chi connectivity index (χ1n) is 3.91.